The van der Waals surface area contributed by atoms with E-state index in [0.717, 1.165) is 22.0 Å². The Morgan fingerprint density at radius 1 is 1.12 bits per heavy atom. The quantitative estimate of drug-likeness (QED) is 0.428. The molecule has 0 atom stereocenters. The Morgan fingerprint density at radius 2 is 1.97 bits per heavy atom. The van der Waals surface area contributed by atoms with Gasteiger partial charge in [-0.1, -0.05) is 35.3 Å². The number of imidazole rings is 1. The van der Waals surface area contributed by atoms with Gasteiger partial charge in [-0.05, 0) is 25.1 Å². The third-order valence-corrected chi connectivity index (χ3v) is 7.07. The van der Waals surface area contributed by atoms with Crippen LogP contribution in [-0.4, -0.2) is 36.5 Å². The van der Waals surface area contributed by atoms with E-state index in [-0.39, 0.29) is 11.5 Å². The number of pyridine rings is 1. The van der Waals surface area contributed by atoms with Crippen molar-refractivity contribution in [2.45, 2.75) is 20.0 Å². The van der Waals surface area contributed by atoms with Crippen LogP contribution in [0.2, 0.25) is 10.0 Å². The second-order valence-corrected chi connectivity index (χ2v) is 9.10. The van der Waals surface area contributed by atoms with Gasteiger partial charge in [-0.15, -0.1) is 11.3 Å². The highest BCUT2D eigenvalue weighted by Crippen LogP contribution is 2.35. The highest BCUT2D eigenvalue weighted by atomic mass is 35.5. The standard InChI is InChI=1S/C22H17Cl2N5O2S/c1-13-9-28(12-25-13)17-5-6-18-21(30)27(7-8-29(18)22(17)31)10-14-11-32-20(26-14)15-3-2-4-16(23)19(15)24/h2-6,9,11-12H,7-8,10H2,1H3. The zero-order chi connectivity index (χ0) is 22.4. The average molecular weight is 486 g/mol. The predicted molar refractivity (Wildman–Crippen MR) is 125 cm³/mol. The number of rotatable bonds is 4. The highest BCUT2D eigenvalue weighted by Gasteiger charge is 2.27. The molecule has 1 aromatic carbocycles. The molecule has 0 N–H and O–H groups in total. The highest BCUT2D eigenvalue weighted by molar-refractivity contribution is 7.13. The minimum absolute atomic E-state index is 0.197. The Morgan fingerprint density at radius 3 is 2.75 bits per heavy atom. The van der Waals surface area contributed by atoms with Gasteiger partial charge in [-0.2, -0.15) is 0 Å². The number of aromatic nitrogens is 4. The minimum atomic E-state index is -0.209. The van der Waals surface area contributed by atoms with E-state index in [9.17, 15) is 9.59 Å². The second-order valence-electron chi connectivity index (χ2n) is 7.46. The monoisotopic (exact) mass is 485 g/mol. The van der Waals surface area contributed by atoms with Gasteiger partial charge in [-0.25, -0.2) is 9.97 Å². The number of carbonyl (C=O) groups excluding carboxylic acids is 1. The molecule has 4 heterocycles. The lowest BCUT2D eigenvalue weighted by Gasteiger charge is -2.29. The number of nitrogens with zero attached hydrogens (tertiary/aromatic N) is 5. The van der Waals surface area contributed by atoms with Crippen molar-refractivity contribution >= 4 is 40.4 Å². The van der Waals surface area contributed by atoms with Crippen LogP contribution in [0.4, 0.5) is 0 Å². The van der Waals surface area contributed by atoms with Gasteiger partial charge in [-0.3, -0.25) is 9.59 Å². The van der Waals surface area contributed by atoms with Crippen molar-refractivity contribution < 1.29 is 4.79 Å². The summed E-state index contributed by atoms with van der Waals surface area (Å²) in [7, 11) is 0. The van der Waals surface area contributed by atoms with Crippen LogP contribution in [0, 0.1) is 6.92 Å². The molecule has 162 valence electrons. The summed E-state index contributed by atoms with van der Waals surface area (Å²) in [4.78, 5) is 36.6. The lowest BCUT2D eigenvalue weighted by molar-refractivity contribution is 0.0684. The van der Waals surface area contributed by atoms with E-state index in [4.69, 9.17) is 23.2 Å². The molecule has 4 aromatic rings. The van der Waals surface area contributed by atoms with Crippen LogP contribution >= 0.6 is 34.5 Å². The number of aryl methyl sites for hydroxylation is 1. The van der Waals surface area contributed by atoms with Crippen LogP contribution in [0.1, 0.15) is 21.9 Å². The number of hydrogen-bond acceptors (Lipinski definition) is 5. The first-order valence-corrected chi connectivity index (χ1v) is 11.5. The van der Waals surface area contributed by atoms with E-state index in [1.54, 1.807) is 40.2 Å². The van der Waals surface area contributed by atoms with E-state index < -0.39 is 0 Å². The summed E-state index contributed by atoms with van der Waals surface area (Å²) in [5.41, 5.74) is 2.97. The van der Waals surface area contributed by atoms with Crippen LogP contribution < -0.4 is 5.56 Å². The second kappa shape index (κ2) is 8.20. The Bertz CT molecular complexity index is 1410. The van der Waals surface area contributed by atoms with Gasteiger partial charge in [0.25, 0.3) is 11.5 Å². The number of fused-ring (bicyclic) bond motifs is 1. The summed E-state index contributed by atoms with van der Waals surface area (Å²) in [5, 5.41) is 3.58. The van der Waals surface area contributed by atoms with Gasteiger partial charge in [0.2, 0.25) is 0 Å². The number of thiazole rings is 1. The first-order valence-electron chi connectivity index (χ1n) is 9.85. The average Bonchev–Trinajstić information content (AvgIpc) is 3.42. The van der Waals surface area contributed by atoms with Crippen molar-refractivity contribution in [3.05, 3.63) is 85.7 Å². The third kappa shape index (κ3) is 3.64. The normalized spacial score (nSPS) is 13.5. The molecule has 1 aliphatic heterocycles. The van der Waals surface area contributed by atoms with E-state index in [1.807, 2.05) is 24.4 Å². The molecule has 0 fully saturated rings. The van der Waals surface area contributed by atoms with Crippen molar-refractivity contribution in [3.63, 3.8) is 0 Å². The Balaban J connectivity index is 1.39. The maximum absolute atomic E-state index is 13.1. The molecule has 0 spiro atoms. The van der Waals surface area contributed by atoms with Crippen molar-refractivity contribution in [2.24, 2.45) is 0 Å². The molecular weight excluding hydrogens is 469 g/mol. The SMILES string of the molecule is Cc1cn(-c2ccc3n(c2=O)CCN(Cc2csc(-c4cccc(Cl)c4Cl)n2)C3=O)cn1. The summed E-state index contributed by atoms with van der Waals surface area (Å²) in [6, 6.07) is 8.78. The van der Waals surface area contributed by atoms with Gasteiger partial charge in [0.05, 0.1) is 34.3 Å². The molecule has 0 aliphatic carbocycles. The maximum Gasteiger partial charge on any atom is 0.275 e. The Kier molecular flexibility index (Phi) is 5.36. The van der Waals surface area contributed by atoms with Gasteiger partial charge >= 0.3 is 0 Å². The zero-order valence-corrected chi connectivity index (χ0v) is 19.3. The van der Waals surface area contributed by atoms with Gasteiger partial charge < -0.3 is 14.0 Å². The van der Waals surface area contributed by atoms with Gasteiger partial charge in [0, 0.05) is 30.2 Å². The molecule has 0 unspecified atom stereocenters. The fraction of sp³-hybridized carbons (Fsp3) is 0.182. The number of benzene rings is 1. The molecule has 0 bridgehead atoms. The molecule has 0 saturated heterocycles. The summed E-state index contributed by atoms with van der Waals surface area (Å²) in [6.07, 6.45) is 3.38. The third-order valence-electron chi connectivity index (χ3n) is 5.33. The minimum Gasteiger partial charge on any atom is -0.330 e. The summed E-state index contributed by atoms with van der Waals surface area (Å²) in [5.74, 6) is -0.197. The van der Waals surface area contributed by atoms with Crippen molar-refractivity contribution in [2.75, 3.05) is 6.54 Å². The van der Waals surface area contributed by atoms with E-state index in [2.05, 4.69) is 9.97 Å². The zero-order valence-electron chi connectivity index (χ0n) is 17.0. The van der Waals surface area contributed by atoms with Crippen LogP contribution in [0.5, 0.6) is 0 Å². The maximum atomic E-state index is 13.1. The van der Waals surface area contributed by atoms with Gasteiger partial charge in [0.1, 0.15) is 16.4 Å². The van der Waals surface area contributed by atoms with Gasteiger partial charge in [0.15, 0.2) is 0 Å². The number of amides is 1. The summed E-state index contributed by atoms with van der Waals surface area (Å²) < 4.78 is 3.21. The summed E-state index contributed by atoms with van der Waals surface area (Å²) in [6.45, 7) is 3.05. The van der Waals surface area contributed by atoms with Crippen molar-refractivity contribution in [1.82, 2.24) is 24.0 Å². The van der Waals surface area contributed by atoms with Crippen LogP contribution in [0.25, 0.3) is 16.3 Å². The summed E-state index contributed by atoms with van der Waals surface area (Å²) >= 11 is 13.9. The molecule has 1 amide bonds. The molecule has 0 radical (unpaired) electrons. The topological polar surface area (TPSA) is 73.0 Å². The number of carbonyl (C=O) groups is 1. The lowest BCUT2D eigenvalue weighted by atomic mass is 10.2. The van der Waals surface area contributed by atoms with E-state index in [0.29, 0.717) is 41.1 Å². The molecule has 0 saturated carbocycles. The first kappa shape index (κ1) is 20.9. The largest absolute Gasteiger partial charge is 0.330 e. The smallest absolute Gasteiger partial charge is 0.275 e. The Hall–Kier alpha value is -2.94. The van der Waals surface area contributed by atoms with Crippen molar-refractivity contribution in [3.8, 4) is 16.3 Å². The van der Waals surface area contributed by atoms with Crippen molar-refractivity contribution in [1.29, 1.82) is 0 Å². The molecular formula is C22H17Cl2N5O2S. The fourth-order valence-electron chi connectivity index (χ4n) is 3.73. The van der Waals surface area contributed by atoms with Crippen LogP contribution in [0.15, 0.2) is 53.0 Å². The van der Waals surface area contributed by atoms with E-state index >= 15 is 0 Å². The molecule has 5 rings (SSSR count). The number of hydrogen-bond donors (Lipinski definition) is 0. The predicted octanol–water partition coefficient (Wildman–Crippen LogP) is 4.43. The molecule has 7 nitrogen and oxygen atoms in total. The van der Waals surface area contributed by atoms with Crippen LogP contribution in [0.3, 0.4) is 0 Å². The van der Waals surface area contributed by atoms with E-state index in [1.165, 1.54) is 15.9 Å². The Labute approximate surface area is 197 Å². The lowest BCUT2D eigenvalue weighted by Crippen LogP contribution is -2.44. The molecule has 32 heavy (non-hydrogen) atoms. The molecule has 1 aliphatic rings. The number of halogens is 2. The van der Waals surface area contributed by atoms with Crippen LogP contribution in [-0.2, 0) is 13.1 Å². The molecule has 10 heteroatoms. The molecule has 3 aromatic heterocycles. The first-order chi connectivity index (χ1) is 15.4. The fourth-order valence-corrected chi connectivity index (χ4v) is 5.02.